The molecule has 0 aliphatic heterocycles. The van der Waals surface area contributed by atoms with Crippen molar-refractivity contribution in [3.8, 4) is 0 Å². The SMILES string of the molecule is CCCCCCC(C)O[SiH](C)c1ccc(C)cc1. The smallest absolute Gasteiger partial charge is 0.205 e. The van der Waals surface area contributed by atoms with Gasteiger partial charge in [0.2, 0.25) is 9.04 Å². The number of aryl methyl sites for hydroxylation is 1. The first kappa shape index (κ1) is 15.5. The number of rotatable bonds is 8. The van der Waals surface area contributed by atoms with Gasteiger partial charge in [0.25, 0.3) is 0 Å². The van der Waals surface area contributed by atoms with Gasteiger partial charge >= 0.3 is 0 Å². The van der Waals surface area contributed by atoms with Crippen molar-refractivity contribution in [3.63, 3.8) is 0 Å². The van der Waals surface area contributed by atoms with E-state index in [9.17, 15) is 0 Å². The summed E-state index contributed by atoms with van der Waals surface area (Å²) in [5.74, 6) is 0. The van der Waals surface area contributed by atoms with Crippen molar-refractivity contribution in [2.45, 2.75) is 65.5 Å². The Balaban J connectivity index is 2.30. The first-order valence-corrected chi connectivity index (χ1v) is 9.55. The van der Waals surface area contributed by atoms with Gasteiger partial charge in [-0.25, -0.2) is 0 Å². The molecule has 1 aromatic carbocycles. The monoisotopic (exact) mass is 264 g/mol. The highest BCUT2D eigenvalue weighted by molar-refractivity contribution is 6.66. The molecule has 0 aromatic heterocycles. The molecule has 2 unspecified atom stereocenters. The molecular weight excluding hydrogens is 236 g/mol. The van der Waals surface area contributed by atoms with Gasteiger partial charge in [0.1, 0.15) is 0 Å². The summed E-state index contributed by atoms with van der Waals surface area (Å²) >= 11 is 0. The molecule has 1 aromatic rings. The predicted octanol–water partition coefficient (Wildman–Crippen LogP) is 3.93. The van der Waals surface area contributed by atoms with E-state index in [0.717, 1.165) is 0 Å². The first-order chi connectivity index (χ1) is 8.63. The van der Waals surface area contributed by atoms with Gasteiger partial charge in [0, 0.05) is 6.10 Å². The summed E-state index contributed by atoms with van der Waals surface area (Å²) in [6.45, 7) is 8.90. The van der Waals surface area contributed by atoms with Crippen molar-refractivity contribution >= 4 is 14.2 Å². The molecule has 0 heterocycles. The third-order valence-electron chi connectivity index (χ3n) is 3.45. The summed E-state index contributed by atoms with van der Waals surface area (Å²) in [5.41, 5.74) is 1.33. The Kier molecular flexibility index (Phi) is 7.29. The minimum absolute atomic E-state index is 0.421. The van der Waals surface area contributed by atoms with Crippen molar-refractivity contribution in [1.82, 2.24) is 0 Å². The molecule has 2 atom stereocenters. The van der Waals surface area contributed by atoms with Crippen LogP contribution in [0, 0.1) is 6.92 Å². The number of hydrogen-bond acceptors (Lipinski definition) is 1. The summed E-state index contributed by atoms with van der Waals surface area (Å²) in [6.07, 6.45) is 6.96. The summed E-state index contributed by atoms with van der Waals surface area (Å²) in [4.78, 5) is 0. The van der Waals surface area contributed by atoms with Crippen LogP contribution in [0.15, 0.2) is 24.3 Å². The molecule has 2 heteroatoms. The third-order valence-corrected chi connectivity index (χ3v) is 5.64. The summed E-state index contributed by atoms with van der Waals surface area (Å²) in [5, 5.41) is 1.42. The van der Waals surface area contributed by atoms with E-state index in [4.69, 9.17) is 4.43 Å². The van der Waals surface area contributed by atoms with Crippen LogP contribution in [-0.2, 0) is 4.43 Å². The third kappa shape index (κ3) is 5.83. The van der Waals surface area contributed by atoms with Crippen molar-refractivity contribution < 1.29 is 4.43 Å². The Morgan fingerprint density at radius 1 is 1.11 bits per heavy atom. The van der Waals surface area contributed by atoms with Gasteiger partial charge in [-0.3, -0.25) is 0 Å². The fourth-order valence-electron chi connectivity index (χ4n) is 2.19. The molecule has 0 amide bonds. The van der Waals surface area contributed by atoms with Gasteiger partial charge in [-0.1, -0.05) is 62.4 Å². The second-order valence-corrected chi connectivity index (χ2v) is 7.57. The topological polar surface area (TPSA) is 9.23 Å². The normalized spacial score (nSPS) is 14.4. The Hall–Kier alpha value is -0.603. The molecule has 0 N–H and O–H groups in total. The van der Waals surface area contributed by atoms with Crippen LogP contribution < -0.4 is 5.19 Å². The van der Waals surface area contributed by atoms with Crippen LogP contribution in [0.1, 0.15) is 51.5 Å². The minimum Gasteiger partial charge on any atom is -0.413 e. The van der Waals surface area contributed by atoms with Gasteiger partial charge in [0.15, 0.2) is 0 Å². The fourth-order valence-corrected chi connectivity index (χ4v) is 3.92. The molecule has 0 saturated carbocycles. The van der Waals surface area contributed by atoms with Crippen molar-refractivity contribution in [2.24, 2.45) is 0 Å². The standard InChI is InChI=1S/C16H28OSi/c1-5-6-7-8-9-15(3)17-18(4)16-12-10-14(2)11-13-16/h10-13,15,18H,5-9H2,1-4H3. The number of benzene rings is 1. The van der Waals surface area contributed by atoms with Crippen LogP contribution in [0.4, 0.5) is 0 Å². The molecule has 0 radical (unpaired) electrons. The highest BCUT2D eigenvalue weighted by Crippen LogP contribution is 2.09. The van der Waals surface area contributed by atoms with Gasteiger partial charge < -0.3 is 4.43 Å². The Bertz CT molecular complexity index is 320. The lowest BCUT2D eigenvalue weighted by Crippen LogP contribution is -2.33. The van der Waals surface area contributed by atoms with Crippen molar-refractivity contribution in [2.75, 3.05) is 0 Å². The molecule has 1 nitrogen and oxygen atoms in total. The molecule has 102 valence electrons. The summed E-state index contributed by atoms with van der Waals surface area (Å²) in [6, 6.07) is 8.84. The Labute approximate surface area is 114 Å². The zero-order valence-electron chi connectivity index (χ0n) is 12.4. The highest BCUT2D eigenvalue weighted by atomic mass is 28.3. The van der Waals surface area contributed by atoms with Crippen LogP contribution in [0.5, 0.6) is 0 Å². The van der Waals surface area contributed by atoms with Crippen molar-refractivity contribution in [3.05, 3.63) is 29.8 Å². The van der Waals surface area contributed by atoms with Crippen LogP contribution in [0.2, 0.25) is 6.55 Å². The van der Waals surface area contributed by atoms with E-state index in [1.807, 2.05) is 0 Å². The zero-order valence-corrected chi connectivity index (χ0v) is 13.6. The largest absolute Gasteiger partial charge is 0.413 e. The zero-order chi connectivity index (χ0) is 13.4. The summed E-state index contributed by atoms with van der Waals surface area (Å²) < 4.78 is 6.20. The number of unbranched alkanes of at least 4 members (excludes halogenated alkanes) is 3. The molecule has 0 aliphatic carbocycles. The molecule has 1 rings (SSSR count). The van der Waals surface area contributed by atoms with E-state index in [1.165, 1.54) is 42.9 Å². The molecule has 0 spiro atoms. The van der Waals surface area contributed by atoms with Crippen LogP contribution in [-0.4, -0.2) is 15.1 Å². The second-order valence-electron chi connectivity index (χ2n) is 5.35. The fraction of sp³-hybridized carbons (Fsp3) is 0.625. The Morgan fingerprint density at radius 2 is 1.78 bits per heavy atom. The van der Waals surface area contributed by atoms with Crippen LogP contribution in [0.25, 0.3) is 0 Å². The lowest BCUT2D eigenvalue weighted by molar-refractivity contribution is 0.212. The van der Waals surface area contributed by atoms with Crippen LogP contribution in [0.3, 0.4) is 0 Å². The van der Waals surface area contributed by atoms with E-state index in [2.05, 4.69) is 51.6 Å². The number of hydrogen-bond donors (Lipinski definition) is 0. The van der Waals surface area contributed by atoms with E-state index >= 15 is 0 Å². The lowest BCUT2D eigenvalue weighted by atomic mass is 10.1. The average Bonchev–Trinajstić information content (AvgIpc) is 2.35. The summed E-state index contributed by atoms with van der Waals surface area (Å²) in [7, 11) is -1.20. The van der Waals surface area contributed by atoms with E-state index < -0.39 is 9.04 Å². The minimum atomic E-state index is -1.20. The second kappa shape index (κ2) is 8.49. The molecule has 0 fully saturated rings. The molecule has 0 aliphatic rings. The van der Waals surface area contributed by atoms with Gasteiger partial charge in [-0.2, -0.15) is 0 Å². The van der Waals surface area contributed by atoms with E-state index in [0.29, 0.717) is 6.10 Å². The average molecular weight is 264 g/mol. The van der Waals surface area contributed by atoms with Gasteiger partial charge in [-0.05, 0) is 32.0 Å². The maximum Gasteiger partial charge on any atom is 0.205 e. The molecule has 0 bridgehead atoms. The maximum absolute atomic E-state index is 6.20. The van der Waals surface area contributed by atoms with Gasteiger partial charge in [-0.15, -0.1) is 0 Å². The van der Waals surface area contributed by atoms with E-state index in [-0.39, 0.29) is 0 Å². The maximum atomic E-state index is 6.20. The van der Waals surface area contributed by atoms with Crippen LogP contribution >= 0.6 is 0 Å². The highest BCUT2D eigenvalue weighted by Gasteiger charge is 2.12. The predicted molar refractivity (Wildman–Crippen MR) is 83.1 cm³/mol. The lowest BCUT2D eigenvalue weighted by Gasteiger charge is -2.19. The van der Waals surface area contributed by atoms with E-state index in [1.54, 1.807) is 0 Å². The quantitative estimate of drug-likeness (QED) is 0.510. The molecule has 0 saturated heterocycles. The first-order valence-electron chi connectivity index (χ1n) is 7.35. The van der Waals surface area contributed by atoms with Crippen molar-refractivity contribution in [1.29, 1.82) is 0 Å². The Morgan fingerprint density at radius 3 is 2.39 bits per heavy atom. The molecular formula is C16H28OSi. The molecule has 18 heavy (non-hydrogen) atoms. The van der Waals surface area contributed by atoms with Gasteiger partial charge in [0.05, 0.1) is 0 Å².